The van der Waals surface area contributed by atoms with E-state index in [1.165, 1.54) is 11.3 Å². The number of carbonyl (C=O) groups is 1. The van der Waals surface area contributed by atoms with Crippen LogP contribution in [0.15, 0.2) is 29.9 Å². The fraction of sp³-hybridized carbons (Fsp3) is 0.250. The van der Waals surface area contributed by atoms with Crippen molar-refractivity contribution < 1.29 is 4.79 Å². The second-order valence-corrected chi connectivity index (χ2v) is 4.67. The summed E-state index contributed by atoms with van der Waals surface area (Å²) in [5, 5.41) is 8.57. The van der Waals surface area contributed by atoms with Crippen LogP contribution >= 0.6 is 11.3 Å². The van der Waals surface area contributed by atoms with Gasteiger partial charge in [0.15, 0.2) is 0 Å². The smallest absolute Gasteiger partial charge is 0.253 e. The molecule has 0 saturated heterocycles. The predicted molar refractivity (Wildman–Crippen MR) is 71.8 cm³/mol. The molecule has 2 heterocycles. The maximum Gasteiger partial charge on any atom is 0.253 e. The maximum absolute atomic E-state index is 12.0. The van der Waals surface area contributed by atoms with E-state index in [0.29, 0.717) is 5.56 Å². The molecule has 18 heavy (non-hydrogen) atoms. The summed E-state index contributed by atoms with van der Waals surface area (Å²) >= 11 is 1.52. The number of nitrogens with zero attached hydrogens (tertiary/aromatic N) is 2. The van der Waals surface area contributed by atoms with Gasteiger partial charge in [-0.05, 0) is 19.1 Å². The molecular weight excluding hydrogens is 248 g/mol. The highest BCUT2D eigenvalue weighted by Gasteiger charge is 2.13. The largest absolute Gasteiger partial charge is 0.373 e. The summed E-state index contributed by atoms with van der Waals surface area (Å²) in [6.07, 6.45) is 3.28. The highest BCUT2D eigenvalue weighted by atomic mass is 32.1. The van der Waals surface area contributed by atoms with Gasteiger partial charge in [0.05, 0.1) is 11.6 Å². The zero-order valence-electron chi connectivity index (χ0n) is 10.2. The lowest BCUT2D eigenvalue weighted by atomic mass is 10.2. The number of hydrogen-bond acceptors (Lipinski definition) is 5. The minimum absolute atomic E-state index is 0.0959. The number of amides is 1. The fourth-order valence-corrected chi connectivity index (χ4v) is 2.11. The first-order chi connectivity index (χ1) is 8.70. The molecule has 0 bridgehead atoms. The first-order valence-corrected chi connectivity index (χ1v) is 6.42. The number of hydrogen-bond donors (Lipinski definition) is 2. The van der Waals surface area contributed by atoms with Crippen LogP contribution in [0.2, 0.25) is 0 Å². The molecular formula is C12H14N4OS. The van der Waals surface area contributed by atoms with Crippen LogP contribution in [0.1, 0.15) is 28.3 Å². The summed E-state index contributed by atoms with van der Waals surface area (Å²) in [7, 11) is 1.78. The van der Waals surface area contributed by atoms with Crippen molar-refractivity contribution >= 4 is 23.1 Å². The molecule has 2 rings (SSSR count). The standard InChI is InChI=1S/C12H14N4OS/c1-8(12-14-5-6-18-12)16-11(17)9-3-4-10(13-2)15-7-9/h3-8H,1-2H3,(H,13,15)(H,16,17). The Hall–Kier alpha value is -1.95. The minimum Gasteiger partial charge on any atom is -0.373 e. The summed E-state index contributed by atoms with van der Waals surface area (Å²) in [6.45, 7) is 1.91. The molecule has 0 saturated carbocycles. The van der Waals surface area contributed by atoms with Gasteiger partial charge in [-0.3, -0.25) is 4.79 Å². The van der Waals surface area contributed by atoms with E-state index in [1.54, 1.807) is 31.6 Å². The van der Waals surface area contributed by atoms with Crippen molar-refractivity contribution in [2.45, 2.75) is 13.0 Å². The van der Waals surface area contributed by atoms with E-state index in [2.05, 4.69) is 20.6 Å². The van der Waals surface area contributed by atoms with Gasteiger partial charge in [-0.2, -0.15) is 0 Å². The van der Waals surface area contributed by atoms with Crippen molar-refractivity contribution in [3.8, 4) is 0 Å². The Morgan fingerprint density at radius 3 is 2.78 bits per heavy atom. The molecule has 2 aromatic rings. The van der Waals surface area contributed by atoms with Crippen LogP contribution in [0.4, 0.5) is 5.82 Å². The van der Waals surface area contributed by atoms with E-state index in [4.69, 9.17) is 0 Å². The van der Waals surface area contributed by atoms with Gasteiger partial charge < -0.3 is 10.6 Å². The highest BCUT2D eigenvalue weighted by molar-refractivity contribution is 7.09. The van der Waals surface area contributed by atoms with E-state index in [-0.39, 0.29) is 11.9 Å². The fourth-order valence-electron chi connectivity index (χ4n) is 1.47. The number of pyridine rings is 1. The second kappa shape index (κ2) is 5.59. The van der Waals surface area contributed by atoms with E-state index in [0.717, 1.165) is 10.8 Å². The molecule has 0 spiro atoms. The summed E-state index contributed by atoms with van der Waals surface area (Å²) in [6, 6.07) is 3.41. The average Bonchev–Trinajstić information content (AvgIpc) is 2.92. The van der Waals surface area contributed by atoms with E-state index >= 15 is 0 Å². The van der Waals surface area contributed by atoms with Crippen molar-refractivity contribution in [2.24, 2.45) is 0 Å². The number of aromatic nitrogens is 2. The summed E-state index contributed by atoms with van der Waals surface area (Å²) in [5.41, 5.74) is 0.539. The van der Waals surface area contributed by atoms with Crippen LogP contribution in [0, 0.1) is 0 Å². The second-order valence-electron chi connectivity index (χ2n) is 3.75. The Labute approximate surface area is 109 Å². The number of rotatable bonds is 4. The number of thiazole rings is 1. The number of carbonyl (C=O) groups excluding carboxylic acids is 1. The first-order valence-electron chi connectivity index (χ1n) is 5.54. The van der Waals surface area contributed by atoms with Gasteiger partial charge in [-0.15, -0.1) is 11.3 Å². The average molecular weight is 262 g/mol. The van der Waals surface area contributed by atoms with Crippen molar-refractivity contribution in [1.82, 2.24) is 15.3 Å². The quantitative estimate of drug-likeness (QED) is 0.885. The van der Waals surface area contributed by atoms with Gasteiger partial charge in [0.25, 0.3) is 5.91 Å². The maximum atomic E-state index is 12.0. The van der Waals surface area contributed by atoms with Crippen LogP contribution in [-0.2, 0) is 0 Å². The summed E-state index contributed by atoms with van der Waals surface area (Å²) < 4.78 is 0. The molecule has 0 aliphatic heterocycles. The van der Waals surface area contributed by atoms with Crippen molar-refractivity contribution in [1.29, 1.82) is 0 Å². The third-order valence-electron chi connectivity index (χ3n) is 2.45. The lowest BCUT2D eigenvalue weighted by Gasteiger charge is -2.11. The first kappa shape index (κ1) is 12.5. The third kappa shape index (κ3) is 2.84. The van der Waals surface area contributed by atoms with Crippen LogP contribution in [0.5, 0.6) is 0 Å². The predicted octanol–water partition coefficient (Wildman–Crippen LogP) is 2.07. The topological polar surface area (TPSA) is 66.9 Å². The molecule has 1 atom stereocenters. The highest BCUT2D eigenvalue weighted by Crippen LogP contribution is 2.15. The molecule has 0 aliphatic carbocycles. The van der Waals surface area contributed by atoms with Crippen molar-refractivity contribution in [3.63, 3.8) is 0 Å². The Balaban J connectivity index is 2.03. The summed E-state index contributed by atoms with van der Waals surface area (Å²) in [4.78, 5) is 20.2. The van der Waals surface area contributed by atoms with Crippen molar-refractivity contribution in [2.75, 3.05) is 12.4 Å². The van der Waals surface area contributed by atoms with Gasteiger partial charge in [0.2, 0.25) is 0 Å². The van der Waals surface area contributed by atoms with E-state index in [1.807, 2.05) is 12.3 Å². The van der Waals surface area contributed by atoms with Gasteiger partial charge in [0, 0.05) is 24.8 Å². The molecule has 1 amide bonds. The molecule has 0 aliphatic rings. The van der Waals surface area contributed by atoms with Gasteiger partial charge >= 0.3 is 0 Å². The normalized spacial score (nSPS) is 11.9. The lowest BCUT2D eigenvalue weighted by Crippen LogP contribution is -2.26. The molecule has 1 unspecified atom stereocenters. The molecule has 94 valence electrons. The third-order valence-corrected chi connectivity index (χ3v) is 3.41. The number of anilines is 1. The molecule has 5 nitrogen and oxygen atoms in total. The Kier molecular flexibility index (Phi) is 3.88. The molecule has 2 N–H and O–H groups in total. The van der Waals surface area contributed by atoms with Crippen LogP contribution in [0.3, 0.4) is 0 Å². The Morgan fingerprint density at radius 1 is 1.39 bits per heavy atom. The molecule has 0 fully saturated rings. The Bertz CT molecular complexity index is 509. The monoisotopic (exact) mass is 262 g/mol. The zero-order chi connectivity index (χ0) is 13.0. The van der Waals surface area contributed by atoms with Gasteiger partial charge in [-0.25, -0.2) is 9.97 Å². The van der Waals surface area contributed by atoms with E-state index < -0.39 is 0 Å². The minimum atomic E-state index is -0.146. The molecule has 6 heteroatoms. The van der Waals surface area contributed by atoms with Gasteiger partial charge in [0.1, 0.15) is 10.8 Å². The number of nitrogens with one attached hydrogen (secondary N) is 2. The van der Waals surface area contributed by atoms with E-state index in [9.17, 15) is 4.79 Å². The lowest BCUT2D eigenvalue weighted by molar-refractivity contribution is 0.0939. The summed E-state index contributed by atoms with van der Waals surface area (Å²) in [5.74, 6) is 0.590. The van der Waals surface area contributed by atoms with Crippen LogP contribution in [-0.4, -0.2) is 22.9 Å². The van der Waals surface area contributed by atoms with Crippen LogP contribution in [0.25, 0.3) is 0 Å². The molecule has 0 aromatic carbocycles. The molecule has 0 radical (unpaired) electrons. The SMILES string of the molecule is CNc1ccc(C(=O)NC(C)c2nccs2)cn1. The Morgan fingerprint density at radius 2 is 2.22 bits per heavy atom. The molecule has 2 aromatic heterocycles. The zero-order valence-corrected chi connectivity index (χ0v) is 11.0. The van der Waals surface area contributed by atoms with Gasteiger partial charge in [-0.1, -0.05) is 0 Å². The van der Waals surface area contributed by atoms with Crippen LogP contribution < -0.4 is 10.6 Å². The van der Waals surface area contributed by atoms with Crippen molar-refractivity contribution in [3.05, 3.63) is 40.5 Å².